The Bertz CT molecular complexity index is 919. The van der Waals surface area contributed by atoms with Crippen LogP contribution in [0, 0.1) is 0 Å². The molecule has 0 atom stereocenters. The number of nitrogens with one attached hydrogen (secondary N) is 1. The molecule has 1 N–H and O–H groups in total. The molecule has 0 spiro atoms. The van der Waals surface area contributed by atoms with Crippen molar-refractivity contribution in [2.45, 2.75) is 13.8 Å². The molecule has 3 aromatic rings. The fourth-order valence-corrected chi connectivity index (χ4v) is 2.23. The monoisotopic (exact) mass is 321 g/mol. The maximum absolute atomic E-state index is 14.1. The molecule has 3 rings (SSSR count). The van der Waals surface area contributed by atoms with Crippen LogP contribution < -0.4 is 5.32 Å². The first-order chi connectivity index (χ1) is 11.7. The fourth-order valence-electron chi connectivity index (χ4n) is 2.23. The van der Waals surface area contributed by atoms with Gasteiger partial charge in [-0.3, -0.25) is 4.98 Å². The van der Waals surface area contributed by atoms with E-state index >= 15 is 0 Å². The van der Waals surface area contributed by atoms with E-state index in [1.807, 2.05) is 12.1 Å². The lowest BCUT2D eigenvalue weighted by molar-refractivity contribution is 0.668. The van der Waals surface area contributed by atoms with Gasteiger partial charge in [0.2, 0.25) is 0 Å². The van der Waals surface area contributed by atoms with Crippen LogP contribution in [-0.2, 0) is 0 Å². The molecule has 5 nitrogen and oxygen atoms in total. The van der Waals surface area contributed by atoms with Crippen LogP contribution in [0.3, 0.4) is 0 Å². The van der Waals surface area contributed by atoms with Crippen molar-refractivity contribution in [2.75, 3.05) is 5.32 Å². The first-order valence-electron chi connectivity index (χ1n) is 7.47. The minimum absolute atomic E-state index is 0.330. The van der Waals surface area contributed by atoms with E-state index in [1.165, 1.54) is 6.08 Å². The number of aromatic nitrogens is 4. The summed E-state index contributed by atoms with van der Waals surface area (Å²) >= 11 is 0. The Morgan fingerprint density at radius 2 is 1.88 bits per heavy atom. The Morgan fingerprint density at radius 1 is 1.12 bits per heavy atom. The molecule has 3 heterocycles. The molecule has 0 saturated heterocycles. The van der Waals surface area contributed by atoms with E-state index < -0.39 is 0 Å². The minimum Gasteiger partial charge on any atom is -0.353 e. The first-order valence-corrected chi connectivity index (χ1v) is 7.47. The molecule has 0 amide bonds. The van der Waals surface area contributed by atoms with Gasteiger partial charge < -0.3 is 5.32 Å². The van der Waals surface area contributed by atoms with Crippen LogP contribution in [0.2, 0.25) is 0 Å². The van der Waals surface area contributed by atoms with Crippen LogP contribution in [-0.4, -0.2) is 19.9 Å². The molecule has 0 aliphatic heterocycles. The van der Waals surface area contributed by atoms with Gasteiger partial charge in [0.05, 0.1) is 11.4 Å². The van der Waals surface area contributed by atoms with E-state index in [0.717, 1.165) is 5.69 Å². The molecule has 0 aromatic carbocycles. The number of rotatable bonds is 4. The number of anilines is 2. The highest BCUT2D eigenvalue weighted by Crippen LogP contribution is 2.28. The Labute approximate surface area is 139 Å². The standard InChI is InChI=1S/C18H16FN5/c1-3-4-14(19)12(2)15-11-16(23-13-5-7-20-8-6-13)17-18(24-15)22-10-9-21-17/h3-11H,1-2H3,(H,20,22,23,24). The van der Waals surface area contributed by atoms with Gasteiger partial charge in [0.1, 0.15) is 11.3 Å². The largest absolute Gasteiger partial charge is 0.353 e. The third-order valence-electron chi connectivity index (χ3n) is 3.46. The van der Waals surface area contributed by atoms with Crippen molar-refractivity contribution >= 4 is 28.1 Å². The number of hydrogen-bond acceptors (Lipinski definition) is 5. The van der Waals surface area contributed by atoms with Crippen LogP contribution in [0.5, 0.6) is 0 Å². The van der Waals surface area contributed by atoms with Gasteiger partial charge in [0.25, 0.3) is 0 Å². The zero-order valence-corrected chi connectivity index (χ0v) is 13.4. The molecular weight excluding hydrogens is 305 g/mol. The van der Waals surface area contributed by atoms with Gasteiger partial charge in [-0.1, -0.05) is 6.08 Å². The summed E-state index contributed by atoms with van der Waals surface area (Å²) in [5, 5.41) is 3.27. The molecule has 3 aromatic heterocycles. The van der Waals surface area contributed by atoms with Crippen molar-refractivity contribution in [3.63, 3.8) is 0 Å². The highest BCUT2D eigenvalue weighted by Gasteiger charge is 2.11. The smallest absolute Gasteiger partial charge is 0.180 e. The average Bonchev–Trinajstić information content (AvgIpc) is 2.62. The number of nitrogens with zero attached hydrogens (tertiary/aromatic N) is 4. The van der Waals surface area contributed by atoms with Crippen molar-refractivity contribution in [2.24, 2.45) is 0 Å². The van der Waals surface area contributed by atoms with E-state index in [-0.39, 0.29) is 5.83 Å². The van der Waals surface area contributed by atoms with Crippen LogP contribution in [0.25, 0.3) is 16.7 Å². The van der Waals surface area contributed by atoms with Crippen LogP contribution in [0.1, 0.15) is 19.5 Å². The van der Waals surface area contributed by atoms with Crippen LogP contribution in [0.4, 0.5) is 15.8 Å². The molecule has 0 saturated carbocycles. The van der Waals surface area contributed by atoms with E-state index in [1.54, 1.807) is 50.8 Å². The molecule has 0 aliphatic rings. The number of allylic oxidation sites excluding steroid dienone is 4. The van der Waals surface area contributed by atoms with Gasteiger partial charge in [-0.25, -0.2) is 19.3 Å². The SMILES string of the molecule is CC=CC(F)=C(C)c1cc(Nc2ccncc2)c2nccnc2n1. The van der Waals surface area contributed by atoms with Crippen LogP contribution in [0.15, 0.2) is 61.0 Å². The van der Waals surface area contributed by atoms with Gasteiger partial charge in [0.15, 0.2) is 5.65 Å². The van der Waals surface area contributed by atoms with Crippen molar-refractivity contribution in [1.29, 1.82) is 0 Å². The topological polar surface area (TPSA) is 63.6 Å². The first kappa shape index (κ1) is 15.7. The van der Waals surface area contributed by atoms with E-state index in [4.69, 9.17) is 0 Å². The third kappa shape index (κ3) is 3.27. The lowest BCUT2D eigenvalue weighted by Gasteiger charge is -2.11. The van der Waals surface area contributed by atoms with Gasteiger partial charge >= 0.3 is 0 Å². The molecular formula is C18H16FN5. The predicted molar refractivity (Wildman–Crippen MR) is 93.4 cm³/mol. The summed E-state index contributed by atoms with van der Waals surface area (Å²) in [5.74, 6) is -0.330. The van der Waals surface area contributed by atoms with E-state index in [0.29, 0.717) is 28.1 Å². The van der Waals surface area contributed by atoms with E-state index in [9.17, 15) is 4.39 Å². The quantitative estimate of drug-likeness (QED) is 0.720. The van der Waals surface area contributed by atoms with Crippen molar-refractivity contribution in [3.8, 4) is 0 Å². The highest BCUT2D eigenvalue weighted by atomic mass is 19.1. The van der Waals surface area contributed by atoms with Gasteiger partial charge in [-0.15, -0.1) is 0 Å². The van der Waals surface area contributed by atoms with Crippen molar-refractivity contribution in [3.05, 3.63) is 66.7 Å². The number of halogens is 1. The lowest BCUT2D eigenvalue weighted by Crippen LogP contribution is -1.99. The maximum atomic E-state index is 14.1. The Balaban J connectivity index is 2.15. The predicted octanol–water partition coefficient (Wildman–Crippen LogP) is 4.44. The maximum Gasteiger partial charge on any atom is 0.180 e. The number of fused-ring (bicyclic) bond motifs is 1. The van der Waals surface area contributed by atoms with Gasteiger partial charge in [-0.2, -0.15) is 0 Å². The summed E-state index contributed by atoms with van der Waals surface area (Å²) in [6.45, 7) is 3.46. The fraction of sp³-hybridized carbons (Fsp3) is 0.111. The molecule has 0 fully saturated rings. The summed E-state index contributed by atoms with van der Waals surface area (Å²) < 4.78 is 14.1. The van der Waals surface area contributed by atoms with Gasteiger partial charge in [-0.05, 0) is 38.1 Å². The Hall–Kier alpha value is -3.15. The second kappa shape index (κ2) is 6.95. The molecule has 0 aliphatic carbocycles. The summed E-state index contributed by atoms with van der Waals surface area (Å²) in [6, 6.07) is 5.45. The molecule has 120 valence electrons. The van der Waals surface area contributed by atoms with Gasteiger partial charge in [0, 0.05) is 36.0 Å². The summed E-state index contributed by atoms with van der Waals surface area (Å²) in [6.07, 6.45) is 9.61. The summed E-state index contributed by atoms with van der Waals surface area (Å²) in [5.41, 5.74) is 3.59. The van der Waals surface area contributed by atoms with Crippen molar-refractivity contribution < 1.29 is 4.39 Å². The average molecular weight is 321 g/mol. The molecule has 0 unspecified atom stereocenters. The number of pyridine rings is 2. The second-order valence-corrected chi connectivity index (χ2v) is 5.12. The summed E-state index contributed by atoms with van der Waals surface area (Å²) in [7, 11) is 0. The zero-order chi connectivity index (χ0) is 16.9. The zero-order valence-electron chi connectivity index (χ0n) is 13.4. The van der Waals surface area contributed by atoms with Crippen molar-refractivity contribution in [1.82, 2.24) is 19.9 Å². The van der Waals surface area contributed by atoms with E-state index in [2.05, 4.69) is 25.3 Å². The number of hydrogen-bond donors (Lipinski definition) is 1. The Morgan fingerprint density at radius 3 is 2.62 bits per heavy atom. The molecule has 6 heteroatoms. The third-order valence-corrected chi connectivity index (χ3v) is 3.46. The lowest BCUT2D eigenvalue weighted by atomic mass is 10.1. The Kier molecular flexibility index (Phi) is 4.56. The highest BCUT2D eigenvalue weighted by molar-refractivity contribution is 5.89. The second-order valence-electron chi connectivity index (χ2n) is 5.12. The van der Waals surface area contributed by atoms with Crippen LogP contribution >= 0.6 is 0 Å². The minimum atomic E-state index is -0.330. The summed E-state index contributed by atoms with van der Waals surface area (Å²) in [4.78, 5) is 17.0. The molecule has 0 radical (unpaired) electrons. The molecule has 24 heavy (non-hydrogen) atoms. The molecule has 0 bridgehead atoms. The normalized spacial score (nSPS) is 12.5.